The Hall–Kier alpha value is -3.41. The molecule has 0 saturated heterocycles. The monoisotopic (exact) mass is 368 g/mol. The van der Waals surface area contributed by atoms with Crippen LogP contribution in [0.5, 0.6) is 11.5 Å². The molecule has 138 valence electrons. The van der Waals surface area contributed by atoms with Crippen LogP contribution in [-0.4, -0.2) is 32.6 Å². The van der Waals surface area contributed by atoms with Gasteiger partial charge in [-0.15, -0.1) is 0 Å². The number of methoxy groups -OCH3 is 2. The molecule has 0 aliphatic carbocycles. The number of halogens is 1. The lowest BCUT2D eigenvalue weighted by Gasteiger charge is -2.11. The summed E-state index contributed by atoms with van der Waals surface area (Å²) >= 11 is 0. The number of carbonyl (C=O) groups is 2. The lowest BCUT2D eigenvalue weighted by Crippen LogP contribution is -2.15. The number of carbonyl (C=O) groups excluding carboxylic acids is 2. The van der Waals surface area contributed by atoms with E-state index in [2.05, 4.69) is 0 Å². The SMILES string of the molecule is COc1ccc(F)cc1C(=O)COC(=O)c1ccc(OC)c2ccccc12. The number of benzene rings is 3. The van der Waals surface area contributed by atoms with Gasteiger partial charge in [0.25, 0.3) is 0 Å². The molecule has 3 aromatic rings. The average molecular weight is 368 g/mol. The number of fused-ring (bicyclic) bond motifs is 1. The highest BCUT2D eigenvalue weighted by atomic mass is 19.1. The molecular formula is C21H17FO5. The van der Waals surface area contributed by atoms with E-state index in [1.807, 2.05) is 12.1 Å². The van der Waals surface area contributed by atoms with Crippen LogP contribution in [0.2, 0.25) is 0 Å². The maximum atomic E-state index is 13.4. The normalized spacial score (nSPS) is 10.5. The number of esters is 1. The summed E-state index contributed by atoms with van der Waals surface area (Å²) in [6.45, 7) is -0.529. The molecule has 0 fully saturated rings. The van der Waals surface area contributed by atoms with E-state index in [4.69, 9.17) is 14.2 Å². The number of hydrogen-bond donors (Lipinski definition) is 0. The fourth-order valence-corrected chi connectivity index (χ4v) is 2.81. The average Bonchev–Trinajstić information content (AvgIpc) is 2.70. The van der Waals surface area contributed by atoms with Crippen molar-refractivity contribution in [3.8, 4) is 11.5 Å². The Kier molecular flexibility index (Phi) is 5.35. The first-order chi connectivity index (χ1) is 13.0. The minimum absolute atomic E-state index is 0.0184. The molecule has 0 saturated carbocycles. The minimum Gasteiger partial charge on any atom is -0.496 e. The van der Waals surface area contributed by atoms with Crippen molar-refractivity contribution >= 4 is 22.5 Å². The van der Waals surface area contributed by atoms with E-state index < -0.39 is 24.2 Å². The largest absolute Gasteiger partial charge is 0.496 e. The van der Waals surface area contributed by atoms with Gasteiger partial charge in [0.1, 0.15) is 17.3 Å². The molecule has 0 aliphatic heterocycles. The van der Waals surface area contributed by atoms with Crippen LogP contribution < -0.4 is 9.47 Å². The molecule has 0 unspecified atom stereocenters. The van der Waals surface area contributed by atoms with Crippen molar-refractivity contribution in [2.75, 3.05) is 20.8 Å². The van der Waals surface area contributed by atoms with Crippen LogP contribution in [0.25, 0.3) is 10.8 Å². The number of ether oxygens (including phenoxy) is 3. The summed E-state index contributed by atoms with van der Waals surface area (Å²) < 4.78 is 28.9. The summed E-state index contributed by atoms with van der Waals surface area (Å²) in [6.07, 6.45) is 0. The maximum Gasteiger partial charge on any atom is 0.339 e. The molecule has 0 atom stereocenters. The van der Waals surface area contributed by atoms with E-state index in [-0.39, 0.29) is 11.3 Å². The van der Waals surface area contributed by atoms with Crippen LogP contribution in [-0.2, 0) is 4.74 Å². The third-order valence-corrected chi connectivity index (χ3v) is 4.12. The summed E-state index contributed by atoms with van der Waals surface area (Å²) in [4.78, 5) is 24.8. The van der Waals surface area contributed by atoms with E-state index in [0.29, 0.717) is 16.7 Å². The molecule has 27 heavy (non-hydrogen) atoms. The van der Waals surface area contributed by atoms with Crippen LogP contribution in [0.4, 0.5) is 4.39 Å². The van der Waals surface area contributed by atoms with Crippen molar-refractivity contribution in [2.24, 2.45) is 0 Å². The van der Waals surface area contributed by atoms with Gasteiger partial charge in [0.2, 0.25) is 5.78 Å². The minimum atomic E-state index is -0.655. The Balaban J connectivity index is 1.82. The zero-order chi connectivity index (χ0) is 19.4. The van der Waals surface area contributed by atoms with Gasteiger partial charge in [-0.25, -0.2) is 9.18 Å². The quantitative estimate of drug-likeness (QED) is 0.485. The number of rotatable bonds is 6. The fraction of sp³-hybridized carbons (Fsp3) is 0.143. The van der Waals surface area contributed by atoms with Crippen LogP contribution in [0.3, 0.4) is 0 Å². The molecule has 3 aromatic carbocycles. The topological polar surface area (TPSA) is 61.8 Å². The Morgan fingerprint density at radius 2 is 1.52 bits per heavy atom. The predicted molar refractivity (Wildman–Crippen MR) is 98.1 cm³/mol. The summed E-state index contributed by atoms with van der Waals surface area (Å²) in [5, 5.41) is 1.41. The van der Waals surface area contributed by atoms with Gasteiger partial charge in [0.15, 0.2) is 6.61 Å². The first-order valence-electron chi connectivity index (χ1n) is 8.14. The Labute approximate surface area is 155 Å². The second-order valence-corrected chi connectivity index (χ2v) is 5.70. The van der Waals surface area contributed by atoms with Gasteiger partial charge in [0.05, 0.1) is 25.3 Å². The number of Topliss-reactive ketones (excluding diaryl/α,β-unsaturated/α-hetero) is 1. The van der Waals surface area contributed by atoms with Crippen molar-refractivity contribution < 1.29 is 28.2 Å². The van der Waals surface area contributed by atoms with E-state index in [9.17, 15) is 14.0 Å². The second-order valence-electron chi connectivity index (χ2n) is 5.70. The molecule has 6 heteroatoms. The van der Waals surface area contributed by atoms with Crippen LogP contribution in [0, 0.1) is 5.82 Å². The fourth-order valence-electron chi connectivity index (χ4n) is 2.81. The lowest BCUT2D eigenvalue weighted by atomic mass is 10.0. The molecule has 0 heterocycles. The van der Waals surface area contributed by atoms with Crippen molar-refractivity contribution in [1.82, 2.24) is 0 Å². The summed E-state index contributed by atoms with van der Waals surface area (Å²) in [7, 11) is 2.92. The van der Waals surface area contributed by atoms with Crippen LogP contribution in [0.15, 0.2) is 54.6 Å². The molecular weight excluding hydrogens is 351 g/mol. The summed E-state index contributed by atoms with van der Waals surface area (Å²) in [6, 6.07) is 14.1. The standard InChI is InChI=1S/C21H17FO5/c1-25-19-10-8-16(14-5-3-4-6-15(14)19)21(24)27-12-18(23)17-11-13(22)7-9-20(17)26-2/h3-11H,12H2,1-2H3. The molecule has 0 aliphatic rings. The molecule has 0 spiro atoms. The second kappa shape index (κ2) is 7.86. The highest BCUT2D eigenvalue weighted by Gasteiger charge is 2.18. The maximum absolute atomic E-state index is 13.4. The van der Waals surface area contributed by atoms with E-state index in [1.54, 1.807) is 31.4 Å². The van der Waals surface area contributed by atoms with Crippen molar-refractivity contribution in [3.63, 3.8) is 0 Å². The third kappa shape index (κ3) is 3.74. The van der Waals surface area contributed by atoms with Gasteiger partial charge in [-0.2, -0.15) is 0 Å². The Morgan fingerprint density at radius 3 is 2.22 bits per heavy atom. The zero-order valence-electron chi connectivity index (χ0n) is 14.8. The smallest absolute Gasteiger partial charge is 0.339 e. The van der Waals surface area contributed by atoms with Gasteiger partial charge >= 0.3 is 5.97 Å². The van der Waals surface area contributed by atoms with Gasteiger partial charge in [0, 0.05) is 5.39 Å². The molecule has 0 bridgehead atoms. The number of ketones is 1. The first kappa shape index (κ1) is 18.4. The molecule has 3 rings (SSSR count). The Bertz CT molecular complexity index is 1010. The van der Waals surface area contributed by atoms with Crippen LogP contribution >= 0.6 is 0 Å². The van der Waals surface area contributed by atoms with E-state index in [0.717, 1.165) is 11.5 Å². The van der Waals surface area contributed by atoms with Gasteiger partial charge in [-0.1, -0.05) is 24.3 Å². The highest BCUT2D eigenvalue weighted by Crippen LogP contribution is 2.29. The van der Waals surface area contributed by atoms with E-state index in [1.165, 1.54) is 19.2 Å². The molecule has 0 radical (unpaired) electrons. The molecule has 5 nitrogen and oxygen atoms in total. The summed E-state index contributed by atoms with van der Waals surface area (Å²) in [5.41, 5.74) is 0.329. The van der Waals surface area contributed by atoms with Gasteiger partial charge in [-0.05, 0) is 35.7 Å². The van der Waals surface area contributed by atoms with E-state index >= 15 is 0 Å². The lowest BCUT2D eigenvalue weighted by molar-refractivity contribution is 0.0476. The molecule has 0 N–H and O–H groups in total. The summed E-state index contributed by atoms with van der Waals surface area (Å²) in [5.74, 6) is -0.947. The molecule has 0 aromatic heterocycles. The third-order valence-electron chi connectivity index (χ3n) is 4.12. The predicted octanol–water partition coefficient (Wildman–Crippen LogP) is 4.04. The van der Waals surface area contributed by atoms with Gasteiger partial charge in [-0.3, -0.25) is 4.79 Å². The Morgan fingerprint density at radius 1 is 0.852 bits per heavy atom. The van der Waals surface area contributed by atoms with Crippen LogP contribution in [0.1, 0.15) is 20.7 Å². The highest BCUT2D eigenvalue weighted by molar-refractivity contribution is 6.07. The van der Waals surface area contributed by atoms with Gasteiger partial charge < -0.3 is 14.2 Å². The number of hydrogen-bond acceptors (Lipinski definition) is 5. The first-order valence-corrected chi connectivity index (χ1v) is 8.14. The molecule has 0 amide bonds. The van der Waals surface area contributed by atoms with Crippen molar-refractivity contribution in [2.45, 2.75) is 0 Å². The van der Waals surface area contributed by atoms with Crippen molar-refractivity contribution in [1.29, 1.82) is 0 Å². The zero-order valence-corrected chi connectivity index (χ0v) is 14.8. The van der Waals surface area contributed by atoms with Crippen molar-refractivity contribution in [3.05, 3.63) is 71.5 Å².